The third kappa shape index (κ3) is 3.91. The van der Waals surface area contributed by atoms with Gasteiger partial charge in [0.1, 0.15) is 0 Å². The molecule has 11 heavy (non-hydrogen) atoms. The van der Waals surface area contributed by atoms with Gasteiger partial charge in [0.05, 0.1) is 0 Å². The number of carboxylic acids is 1. The number of carboxylic acid groups (broad SMARTS) is 1. The molecular formula is C8H14MoO2. The molecule has 3 heteroatoms. The van der Waals surface area contributed by atoms with Crippen LogP contribution in [0.4, 0.5) is 0 Å². The van der Waals surface area contributed by atoms with Crippen LogP contribution in [0.5, 0.6) is 0 Å². The molecule has 2 unspecified atom stereocenters. The van der Waals surface area contributed by atoms with E-state index in [9.17, 15) is 4.79 Å². The smallest absolute Gasteiger partial charge is 0.303 e. The van der Waals surface area contributed by atoms with Crippen LogP contribution in [-0.4, -0.2) is 11.1 Å². The summed E-state index contributed by atoms with van der Waals surface area (Å²) in [6.07, 6.45) is 3.84. The molecule has 0 heterocycles. The number of hydrogen-bond acceptors (Lipinski definition) is 1. The molecule has 1 fully saturated rings. The molecule has 0 bridgehead atoms. The molecule has 2 nitrogen and oxygen atoms in total. The maximum absolute atomic E-state index is 10.3. The van der Waals surface area contributed by atoms with E-state index in [1.165, 1.54) is 6.42 Å². The van der Waals surface area contributed by atoms with E-state index in [1.54, 1.807) is 0 Å². The minimum Gasteiger partial charge on any atom is -0.481 e. The van der Waals surface area contributed by atoms with Crippen LogP contribution in [0, 0.1) is 11.8 Å². The van der Waals surface area contributed by atoms with Crippen LogP contribution >= 0.6 is 0 Å². The van der Waals surface area contributed by atoms with Crippen molar-refractivity contribution in [1.82, 2.24) is 0 Å². The molecule has 0 aliphatic heterocycles. The van der Waals surface area contributed by atoms with Gasteiger partial charge in [-0.25, -0.2) is 0 Å². The molecule has 0 saturated heterocycles. The van der Waals surface area contributed by atoms with Gasteiger partial charge in [0, 0.05) is 27.5 Å². The Morgan fingerprint density at radius 3 is 2.55 bits per heavy atom. The van der Waals surface area contributed by atoms with Crippen molar-refractivity contribution in [2.75, 3.05) is 0 Å². The van der Waals surface area contributed by atoms with Gasteiger partial charge in [-0.1, -0.05) is 13.3 Å². The number of rotatable bonds is 2. The van der Waals surface area contributed by atoms with E-state index in [0.717, 1.165) is 18.8 Å². The number of aliphatic carboxylic acids is 1. The first-order valence-electron chi connectivity index (χ1n) is 3.90. The normalized spacial score (nSPS) is 29.5. The summed E-state index contributed by atoms with van der Waals surface area (Å²) in [6.45, 7) is 2.20. The minimum atomic E-state index is -0.640. The summed E-state index contributed by atoms with van der Waals surface area (Å²) >= 11 is 0. The molecule has 64 valence electrons. The molecule has 2 atom stereocenters. The molecule has 1 N–H and O–H groups in total. The van der Waals surface area contributed by atoms with Gasteiger partial charge in [-0.05, 0) is 24.7 Å². The fourth-order valence-electron chi connectivity index (χ4n) is 1.76. The summed E-state index contributed by atoms with van der Waals surface area (Å²) in [5, 5.41) is 8.46. The first-order chi connectivity index (χ1) is 4.68. The van der Waals surface area contributed by atoms with E-state index in [4.69, 9.17) is 5.11 Å². The summed E-state index contributed by atoms with van der Waals surface area (Å²) in [7, 11) is 0. The molecule has 0 spiro atoms. The SMILES string of the molecule is CC1CCC(CC(=O)O)C1.[Mo]. The Hall–Kier alpha value is 0.158. The van der Waals surface area contributed by atoms with E-state index >= 15 is 0 Å². The number of hydrogen-bond donors (Lipinski definition) is 1. The monoisotopic (exact) mass is 240 g/mol. The van der Waals surface area contributed by atoms with Crippen LogP contribution < -0.4 is 0 Å². The third-order valence-electron chi connectivity index (χ3n) is 2.27. The van der Waals surface area contributed by atoms with Crippen LogP contribution in [0.25, 0.3) is 0 Å². The summed E-state index contributed by atoms with van der Waals surface area (Å²) in [5.74, 6) is 0.580. The zero-order valence-electron chi connectivity index (χ0n) is 6.75. The zero-order valence-corrected chi connectivity index (χ0v) is 8.75. The molecule has 0 aromatic rings. The van der Waals surface area contributed by atoms with Crippen LogP contribution in [0.2, 0.25) is 0 Å². The zero-order chi connectivity index (χ0) is 7.56. The predicted molar refractivity (Wildman–Crippen MR) is 38.8 cm³/mol. The molecule has 1 aliphatic rings. The molecule has 1 rings (SSSR count). The molecule has 1 saturated carbocycles. The summed E-state index contributed by atoms with van der Waals surface area (Å²) in [4.78, 5) is 10.3. The Balaban J connectivity index is 0.000001000. The quantitative estimate of drug-likeness (QED) is 0.746. The van der Waals surface area contributed by atoms with Crippen molar-refractivity contribution in [3.8, 4) is 0 Å². The number of carbonyl (C=O) groups is 1. The van der Waals surface area contributed by atoms with E-state index in [2.05, 4.69) is 6.92 Å². The Morgan fingerprint density at radius 1 is 1.55 bits per heavy atom. The van der Waals surface area contributed by atoms with Gasteiger partial charge in [0.25, 0.3) is 0 Å². The van der Waals surface area contributed by atoms with Gasteiger partial charge in [-0.3, -0.25) is 4.79 Å². The second-order valence-corrected chi connectivity index (χ2v) is 3.38. The van der Waals surface area contributed by atoms with Crippen LogP contribution in [0.1, 0.15) is 32.6 Å². The predicted octanol–water partition coefficient (Wildman–Crippen LogP) is 1.89. The maximum Gasteiger partial charge on any atom is 0.303 e. The van der Waals surface area contributed by atoms with Crippen molar-refractivity contribution in [2.45, 2.75) is 32.6 Å². The first-order valence-corrected chi connectivity index (χ1v) is 3.90. The van der Waals surface area contributed by atoms with E-state index in [0.29, 0.717) is 12.3 Å². The fraction of sp³-hybridized carbons (Fsp3) is 0.875. The largest absolute Gasteiger partial charge is 0.481 e. The van der Waals surface area contributed by atoms with E-state index < -0.39 is 5.97 Å². The van der Waals surface area contributed by atoms with Crippen molar-refractivity contribution in [3.63, 3.8) is 0 Å². The van der Waals surface area contributed by atoms with Crippen LogP contribution in [-0.2, 0) is 25.9 Å². The topological polar surface area (TPSA) is 37.3 Å². The van der Waals surface area contributed by atoms with Crippen molar-refractivity contribution in [3.05, 3.63) is 0 Å². The second-order valence-electron chi connectivity index (χ2n) is 3.38. The molecule has 0 amide bonds. The van der Waals surface area contributed by atoms with Crippen molar-refractivity contribution in [2.24, 2.45) is 11.8 Å². The van der Waals surface area contributed by atoms with Crippen LogP contribution in [0.3, 0.4) is 0 Å². The Labute approximate surface area is 81.6 Å². The molecule has 0 aromatic heterocycles. The molecular weight excluding hydrogens is 224 g/mol. The van der Waals surface area contributed by atoms with Gasteiger partial charge < -0.3 is 5.11 Å². The van der Waals surface area contributed by atoms with Crippen LogP contribution in [0.15, 0.2) is 0 Å². The average Bonchev–Trinajstić information content (AvgIpc) is 2.13. The van der Waals surface area contributed by atoms with E-state index in [-0.39, 0.29) is 21.1 Å². The van der Waals surface area contributed by atoms with Gasteiger partial charge in [-0.2, -0.15) is 0 Å². The Kier molecular flexibility index (Phi) is 4.99. The molecule has 0 radical (unpaired) electrons. The summed E-state index contributed by atoms with van der Waals surface area (Å²) in [5.41, 5.74) is 0. The van der Waals surface area contributed by atoms with Gasteiger partial charge in [0.2, 0.25) is 0 Å². The van der Waals surface area contributed by atoms with Gasteiger partial charge in [-0.15, -0.1) is 0 Å². The maximum atomic E-state index is 10.3. The Morgan fingerprint density at radius 2 is 2.18 bits per heavy atom. The summed E-state index contributed by atoms with van der Waals surface area (Å²) < 4.78 is 0. The minimum absolute atomic E-state index is 0. The van der Waals surface area contributed by atoms with E-state index in [1.807, 2.05) is 0 Å². The summed E-state index contributed by atoms with van der Waals surface area (Å²) in [6, 6.07) is 0. The van der Waals surface area contributed by atoms with Crippen molar-refractivity contribution < 1.29 is 31.0 Å². The standard InChI is InChI=1S/C8H14O2.Mo/c1-6-2-3-7(4-6)5-8(9)10;/h6-7H,2-5H2,1H3,(H,9,10);. The second kappa shape index (κ2) is 4.92. The fourth-order valence-corrected chi connectivity index (χ4v) is 1.76. The van der Waals surface area contributed by atoms with Crippen molar-refractivity contribution >= 4 is 5.97 Å². The van der Waals surface area contributed by atoms with Gasteiger partial charge in [0.15, 0.2) is 0 Å². The third-order valence-corrected chi connectivity index (χ3v) is 2.27. The Bertz CT molecular complexity index is 136. The average molecular weight is 238 g/mol. The molecule has 0 aromatic carbocycles. The molecule has 1 aliphatic carbocycles. The van der Waals surface area contributed by atoms with Gasteiger partial charge >= 0.3 is 5.97 Å². The first kappa shape index (κ1) is 11.2. The van der Waals surface area contributed by atoms with Crippen molar-refractivity contribution in [1.29, 1.82) is 0 Å².